The van der Waals surface area contributed by atoms with E-state index in [1.807, 2.05) is 11.8 Å². The standard InChI is InChI=1S/C15H20N2O3S/c18-14(19)13-6-2-1-4-11(13)7-8-16-15(20)17-10-12-5-3-9-21-12/h1-2,4,6,12H,3,5,7-10H2,(H,18,19)(H2,16,17,20). The average Bonchev–Trinajstić information content (AvgIpc) is 2.99. The van der Waals surface area contributed by atoms with Crippen LogP contribution in [0.15, 0.2) is 24.3 Å². The van der Waals surface area contributed by atoms with E-state index in [1.54, 1.807) is 24.3 Å². The molecule has 1 saturated heterocycles. The Kier molecular flexibility index (Phi) is 5.92. The fourth-order valence-electron chi connectivity index (χ4n) is 2.33. The number of benzene rings is 1. The number of hydrogen-bond acceptors (Lipinski definition) is 3. The zero-order valence-electron chi connectivity index (χ0n) is 11.8. The van der Waals surface area contributed by atoms with Crippen molar-refractivity contribution in [1.82, 2.24) is 10.6 Å². The third-order valence-corrected chi connectivity index (χ3v) is 4.84. The van der Waals surface area contributed by atoms with E-state index in [2.05, 4.69) is 10.6 Å². The number of amides is 2. The van der Waals surface area contributed by atoms with E-state index in [-0.39, 0.29) is 6.03 Å². The third kappa shape index (κ3) is 4.97. The minimum atomic E-state index is -0.937. The summed E-state index contributed by atoms with van der Waals surface area (Å²) in [4.78, 5) is 22.7. The molecule has 0 aromatic heterocycles. The normalized spacial score (nSPS) is 17.4. The van der Waals surface area contributed by atoms with Gasteiger partial charge in [-0.1, -0.05) is 18.2 Å². The quantitative estimate of drug-likeness (QED) is 0.752. The van der Waals surface area contributed by atoms with Crippen molar-refractivity contribution in [3.63, 3.8) is 0 Å². The molecule has 0 aliphatic carbocycles. The molecular formula is C15H20N2O3S. The summed E-state index contributed by atoms with van der Waals surface area (Å²) in [7, 11) is 0. The minimum absolute atomic E-state index is 0.185. The SMILES string of the molecule is O=C(NCCc1ccccc1C(=O)O)NCC1CCCS1. The van der Waals surface area contributed by atoms with Gasteiger partial charge in [-0.2, -0.15) is 11.8 Å². The van der Waals surface area contributed by atoms with Gasteiger partial charge < -0.3 is 15.7 Å². The summed E-state index contributed by atoms with van der Waals surface area (Å²) in [6.07, 6.45) is 2.90. The van der Waals surface area contributed by atoms with Crippen LogP contribution >= 0.6 is 11.8 Å². The predicted octanol–water partition coefficient (Wildman–Crippen LogP) is 2.12. The van der Waals surface area contributed by atoms with Crippen molar-refractivity contribution in [3.05, 3.63) is 35.4 Å². The van der Waals surface area contributed by atoms with Crippen molar-refractivity contribution in [2.45, 2.75) is 24.5 Å². The van der Waals surface area contributed by atoms with Crippen LogP contribution < -0.4 is 10.6 Å². The maximum absolute atomic E-state index is 11.7. The van der Waals surface area contributed by atoms with Crippen molar-refractivity contribution in [3.8, 4) is 0 Å². The highest BCUT2D eigenvalue weighted by Gasteiger charge is 2.16. The van der Waals surface area contributed by atoms with Gasteiger partial charge in [0.15, 0.2) is 0 Å². The largest absolute Gasteiger partial charge is 0.478 e. The number of carbonyl (C=O) groups excluding carboxylic acids is 1. The molecule has 114 valence electrons. The molecule has 2 amide bonds. The van der Waals surface area contributed by atoms with E-state index in [0.29, 0.717) is 30.3 Å². The van der Waals surface area contributed by atoms with Crippen molar-refractivity contribution in [2.24, 2.45) is 0 Å². The lowest BCUT2D eigenvalue weighted by molar-refractivity contribution is 0.0695. The van der Waals surface area contributed by atoms with Crippen LogP contribution in [-0.2, 0) is 6.42 Å². The van der Waals surface area contributed by atoms with E-state index in [4.69, 9.17) is 5.11 Å². The Bertz CT molecular complexity index is 501. The molecule has 0 saturated carbocycles. The minimum Gasteiger partial charge on any atom is -0.478 e. The van der Waals surface area contributed by atoms with Gasteiger partial charge in [0.05, 0.1) is 5.56 Å². The molecule has 5 nitrogen and oxygen atoms in total. The molecule has 1 aromatic carbocycles. The van der Waals surface area contributed by atoms with Gasteiger partial charge in [0.25, 0.3) is 0 Å². The molecule has 2 rings (SSSR count). The Morgan fingerprint density at radius 1 is 1.29 bits per heavy atom. The van der Waals surface area contributed by atoms with Crippen LogP contribution in [-0.4, -0.2) is 41.2 Å². The number of thioether (sulfide) groups is 1. The fraction of sp³-hybridized carbons (Fsp3) is 0.467. The van der Waals surface area contributed by atoms with E-state index < -0.39 is 5.97 Å². The molecule has 1 heterocycles. The van der Waals surface area contributed by atoms with Crippen LogP contribution in [0.3, 0.4) is 0 Å². The number of rotatable bonds is 6. The molecule has 1 unspecified atom stereocenters. The highest BCUT2D eigenvalue weighted by atomic mass is 32.2. The van der Waals surface area contributed by atoms with E-state index >= 15 is 0 Å². The van der Waals surface area contributed by atoms with Crippen LogP contribution in [0.25, 0.3) is 0 Å². The van der Waals surface area contributed by atoms with Crippen molar-refractivity contribution in [2.75, 3.05) is 18.8 Å². The number of hydrogen-bond donors (Lipinski definition) is 3. The van der Waals surface area contributed by atoms with Crippen LogP contribution in [0.5, 0.6) is 0 Å². The summed E-state index contributed by atoms with van der Waals surface area (Å²) in [5.41, 5.74) is 1.03. The second-order valence-corrected chi connectivity index (χ2v) is 6.39. The van der Waals surface area contributed by atoms with Crippen molar-refractivity contribution < 1.29 is 14.7 Å². The Morgan fingerprint density at radius 3 is 2.81 bits per heavy atom. The Hall–Kier alpha value is -1.69. The summed E-state index contributed by atoms with van der Waals surface area (Å²) in [6, 6.07) is 6.67. The van der Waals surface area contributed by atoms with Gasteiger partial charge >= 0.3 is 12.0 Å². The Labute approximate surface area is 128 Å². The first-order chi connectivity index (χ1) is 10.2. The third-order valence-electron chi connectivity index (χ3n) is 3.44. The van der Waals surface area contributed by atoms with Crippen LogP contribution in [0.2, 0.25) is 0 Å². The van der Waals surface area contributed by atoms with Gasteiger partial charge in [-0.3, -0.25) is 0 Å². The zero-order chi connectivity index (χ0) is 15.1. The first kappa shape index (κ1) is 15.7. The second kappa shape index (κ2) is 7.93. The highest BCUT2D eigenvalue weighted by molar-refractivity contribution is 8.00. The highest BCUT2D eigenvalue weighted by Crippen LogP contribution is 2.25. The summed E-state index contributed by atoms with van der Waals surface area (Å²) >= 11 is 1.90. The monoisotopic (exact) mass is 308 g/mol. The lowest BCUT2D eigenvalue weighted by Crippen LogP contribution is -2.39. The van der Waals surface area contributed by atoms with Crippen molar-refractivity contribution in [1.29, 1.82) is 0 Å². The first-order valence-electron chi connectivity index (χ1n) is 7.11. The van der Waals surface area contributed by atoms with E-state index in [0.717, 1.165) is 12.0 Å². The molecule has 1 aromatic rings. The van der Waals surface area contributed by atoms with Gasteiger partial charge in [0.1, 0.15) is 0 Å². The number of carboxylic acids is 1. The van der Waals surface area contributed by atoms with Gasteiger partial charge in [-0.15, -0.1) is 0 Å². The molecule has 3 N–H and O–H groups in total. The lowest BCUT2D eigenvalue weighted by atomic mass is 10.0. The summed E-state index contributed by atoms with van der Waals surface area (Å²) in [6.45, 7) is 1.12. The molecule has 0 radical (unpaired) electrons. The molecule has 1 aliphatic rings. The lowest BCUT2D eigenvalue weighted by Gasteiger charge is -2.11. The average molecular weight is 308 g/mol. The number of carboxylic acid groups (broad SMARTS) is 1. The molecule has 21 heavy (non-hydrogen) atoms. The summed E-state index contributed by atoms with van der Waals surface area (Å²) < 4.78 is 0. The van der Waals surface area contributed by atoms with Crippen LogP contribution in [0.1, 0.15) is 28.8 Å². The van der Waals surface area contributed by atoms with Gasteiger partial charge in [-0.25, -0.2) is 9.59 Å². The van der Waals surface area contributed by atoms with Crippen LogP contribution in [0, 0.1) is 0 Å². The zero-order valence-corrected chi connectivity index (χ0v) is 12.6. The smallest absolute Gasteiger partial charge is 0.335 e. The maximum Gasteiger partial charge on any atom is 0.335 e. The van der Waals surface area contributed by atoms with Gasteiger partial charge in [0, 0.05) is 18.3 Å². The summed E-state index contributed by atoms with van der Waals surface area (Å²) in [5.74, 6) is 0.244. The second-order valence-electron chi connectivity index (χ2n) is 4.98. The summed E-state index contributed by atoms with van der Waals surface area (Å²) in [5, 5.41) is 15.2. The molecule has 0 bridgehead atoms. The first-order valence-corrected chi connectivity index (χ1v) is 8.16. The van der Waals surface area contributed by atoms with E-state index in [1.165, 1.54) is 12.2 Å². The van der Waals surface area contributed by atoms with Crippen LogP contribution in [0.4, 0.5) is 4.79 Å². The topological polar surface area (TPSA) is 78.4 Å². The predicted molar refractivity (Wildman–Crippen MR) is 84.0 cm³/mol. The number of aromatic carboxylic acids is 1. The Morgan fingerprint density at radius 2 is 2.10 bits per heavy atom. The number of nitrogens with one attached hydrogen (secondary N) is 2. The molecule has 1 aliphatic heterocycles. The molecule has 1 fully saturated rings. The van der Waals surface area contributed by atoms with Gasteiger partial charge in [0.2, 0.25) is 0 Å². The van der Waals surface area contributed by atoms with E-state index in [9.17, 15) is 9.59 Å². The maximum atomic E-state index is 11.7. The molecular weight excluding hydrogens is 288 g/mol. The molecule has 6 heteroatoms. The number of urea groups is 1. The number of carbonyl (C=O) groups is 2. The molecule has 1 atom stereocenters. The van der Waals surface area contributed by atoms with Crippen molar-refractivity contribution >= 4 is 23.8 Å². The van der Waals surface area contributed by atoms with Gasteiger partial charge in [-0.05, 0) is 36.6 Å². The molecule has 0 spiro atoms. The Balaban J connectivity index is 1.71. The fourth-order valence-corrected chi connectivity index (χ4v) is 3.53.